The first-order valence-corrected chi connectivity index (χ1v) is 6.86. The highest BCUT2D eigenvalue weighted by Gasteiger charge is 2.26. The molecule has 1 aromatic rings. The van der Waals surface area contributed by atoms with Crippen LogP contribution in [0.5, 0.6) is 0 Å². The maximum atomic E-state index is 9.43. The molecule has 3 unspecified atom stereocenters. The van der Waals surface area contributed by atoms with Crippen LogP contribution in [0.1, 0.15) is 50.0 Å². The zero-order valence-electron chi connectivity index (χ0n) is 11.3. The van der Waals surface area contributed by atoms with Gasteiger partial charge in [0.15, 0.2) is 0 Å². The van der Waals surface area contributed by atoms with Crippen LogP contribution in [0.15, 0.2) is 12.4 Å². The van der Waals surface area contributed by atoms with Crippen LogP contribution >= 0.6 is 0 Å². The Kier molecular flexibility index (Phi) is 4.66. The van der Waals surface area contributed by atoms with E-state index < -0.39 is 0 Å². The number of aromatic nitrogens is 2. The Bertz CT molecular complexity index is 383. The van der Waals surface area contributed by atoms with Crippen LogP contribution in [-0.2, 0) is 0 Å². The molecule has 3 atom stereocenters. The van der Waals surface area contributed by atoms with Crippen molar-refractivity contribution < 1.29 is 5.11 Å². The summed E-state index contributed by atoms with van der Waals surface area (Å²) in [5.74, 6) is 0.387. The molecular formula is C14H23N3O. The van der Waals surface area contributed by atoms with E-state index in [9.17, 15) is 5.11 Å². The molecule has 0 amide bonds. The van der Waals surface area contributed by atoms with E-state index in [0.717, 1.165) is 24.2 Å². The second-order valence-electron chi connectivity index (χ2n) is 5.25. The van der Waals surface area contributed by atoms with Crippen LogP contribution in [0.4, 0.5) is 0 Å². The summed E-state index contributed by atoms with van der Waals surface area (Å²) in [6.07, 6.45) is 8.23. The molecule has 2 N–H and O–H groups in total. The van der Waals surface area contributed by atoms with Gasteiger partial charge in [0.25, 0.3) is 0 Å². The maximum absolute atomic E-state index is 9.43. The third-order valence-corrected chi connectivity index (χ3v) is 3.94. The lowest BCUT2D eigenvalue weighted by Crippen LogP contribution is -2.41. The fourth-order valence-electron chi connectivity index (χ4n) is 2.89. The van der Waals surface area contributed by atoms with Crippen molar-refractivity contribution in [2.75, 3.05) is 6.61 Å². The average Bonchev–Trinajstić information content (AvgIpc) is 2.39. The molecule has 0 saturated heterocycles. The standard InChI is InChI=1S/C14H23N3O/c1-10-14(16-8-7-15-10)11(2)17-13-6-4-3-5-12(13)9-18/h7-8,11-13,17-18H,3-6,9H2,1-2H3. The Morgan fingerprint density at radius 3 is 2.78 bits per heavy atom. The van der Waals surface area contributed by atoms with Gasteiger partial charge in [-0.2, -0.15) is 0 Å². The topological polar surface area (TPSA) is 58.0 Å². The van der Waals surface area contributed by atoms with Gasteiger partial charge in [-0.1, -0.05) is 12.8 Å². The first kappa shape index (κ1) is 13.4. The summed E-state index contributed by atoms with van der Waals surface area (Å²) in [7, 11) is 0. The van der Waals surface area contributed by atoms with E-state index in [1.165, 1.54) is 12.8 Å². The molecule has 0 aliphatic heterocycles. The molecule has 1 fully saturated rings. The van der Waals surface area contributed by atoms with Gasteiger partial charge in [0.1, 0.15) is 0 Å². The minimum atomic E-state index is 0.191. The van der Waals surface area contributed by atoms with E-state index in [4.69, 9.17) is 0 Å². The zero-order valence-corrected chi connectivity index (χ0v) is 11.3. The Morgan fingerprint density at radius 1 is 1.33 bits per heavy atom. The highest BCUT2D eigenvalue weighted by atomic mass is 16.3. The molecule has 0 spiro atoms. The number of aliphatic hydroxyl groups excluding tert-OH is 1. The number of rotatable bonds is 4. The Balaban J connectivity index is 2.02. The monoisotopic (exact) mass is 249 g/mol. The number of nitrogens with zero attached hydrogens (tertiary/aromatic N) is 2. The zero-order chi connectivity index (χ0) is 13.0. The van der Waals surface area contributed by atoms with Gasteiger partial charge in [-0.25, -0.2) is 0 Å². The molecule has 1 heterocycles. The van der Waals surface area contributed by atoms with Crippen molar-refractivity contribution in [3.63, 3.8) is 0 Å². The lowest BCUT2D eigenvalue weighted by Gasteiger charge is -2.33. The lowest BCUT2D eigenvalue weighted by atomic mass is 9.84. The number of hydrogen-bond acceptors (Lipinski definition) is 4. The molecule has 2 rings (SSSR count). The number of hydrogen-bond donors (Lipinski definition) is 2. The predicted octanol–water partition coefficient (Wildman–Crippen LogP) is 1.99. The largest absolute Gasteiger partial charge is 0.396 e. The normalized spacial score (nSPS) is 25.9. The van der Waals surface area contributed by atoms with E-state index in [-0.39, 0.29) is 12.6 Å². The SMILES string of the molecule is Cc1nccnc1C(C)NC1CCCCC1CO. The molecular weight excluding hydrogens is 226 g/mol. The minimum Gasteiger partial charge on any atom is -0.396 e. The third-order valence-electron chi connectivity index (χ3n) is 3.94. The molecule has 100 valence electrons. The van der Waals surface area contributed by atoms with Crippen molar-refractivity contribution in [2.45, 2.75) is 51.6 Å². The van der Waals surface area contributed by atoms with Gasteiger partial charge in [-0.3, -0.25) is 9.97 Å². The quantitative estimate of drug-likeness (QED) is 0.856. The predicted molar refractivity (Wildman–Crippen MR) is 71.2 cm³/mol. The van der Waals surface area contributed by atoms with Gasteiger partial charge < -0.3 is 10.4 Å². The van der Waals surface area contributed by atoms with Crippen LogP contribution < -0.4 is 5.32 Å². The van der Waals surface area contributed by atoms with E-state index in [1.807, 2.05) is 6.92 Å². The van der Waals surface area contributed by atoms with Crippen LogP contribution in [0.25, 0.3) is 0 Å². The van der Waals surface area contributed by atoms with Crippen molar-refractivity contribution in [1.82, 2.24) is 15.3 Å². The van der Waals surface area contributed by atoms with Crippen molar-refractivity contribution in [2.24, 2.45) is 5.92 Å². The van der Waals surface area contributed by atoms with Gasteiger partial charge in [-0.15, -0.1) is 0 Å². The minimum absolute atomic E-state index is 0.191. The van der Waals surface area contributed by atoms with Crippen molar-refractivity contribution >= 4 is 0 Å². The van der Waals surface area contributed by atoms with Crippen molar-refractivity contribution in [3.05, 3.63) is 23.8 Å². The van der Waals surface area contributed by atoms with E-state index in [2.05, 4.69) is 22.2 Å². The highest BCUT2D eigenvalue weighted by molar-refractivity contribution is 5.12. The van der Waals surface area contributed by atoms with Crippen LogP contribution in [-0.4, -0.2) is 27.7 Å². The van der Waals surface area contributed by atoms with Crippen molar-refractivity contribution in [1.29, 1.82) is 0 Å². The van der Waals surface area contributed by atoms with Gasteiger partial charge in [-0.05, 0) is 32.6 Å². The average molecular weight is 249 g/mol. The number of aliphatic hydroxyl groups is 1. The molecule has 0 aromatic carbocycles. The van der Waals surface area contributed by atoms with E-state index in [0.29, 0.717) is 12.0 Å². The molecule has 18 heavy (non-hydrogen) atoms. The van der Waals surface area contributed by atoms with Gasteiger partial charge in [0.05, 0.1) is 11.4 Å². The van der Waals surface area contributed by atoms with Gasteiger partial charge in [0.2, 0.25) is 0 Å². The number of nitrogens with one attached hydrogen (secondary N) is 1. The first-order chi connectivity index (χ1) is 8.72. The summed E-state index contributed by atoms with van der Waals surface area (Å²) >= 11 is 0. The van der Waals surface area contributed by atoms with E-state index >= 15 is 0 Å². The fourth-order valence-corrected chi connectivity index (χ4v) is 2.89. The summed E-state index contributed by atoms with van der Waals surface area (Å²) in [6.45, 7) is 4.40. The summed E-state index contributed by atoms with van der Waals surface area (Å²) < 4.78 is 0. The fraction of sp³-hybridized carbons (Fsp3) is 0.714. The smallest absolute Gasteiger partial charge is 0.0782 e. The molecule has 4 heteroatoms. The third kappa shape index (κ3) is 3.06. The lowest BCUT2D eigenvalue weighted by molar-refractivity contribution is 0.147. The Labute approximate surface area is 109 Å². The number of aryl methyl sites for hydroxylation is 1. The van der Waals surface area contributed by atoms with Crippen LogP contribution in [0.2, 0.25) is 0 Å². The second kappa shape index (κ2) is 6.25. The maximum Gasteiger partial charge on any atom is 0.0782 e. The van der Waals surface area contributed by atoms with Crippen molar-refractivity contribution in [3.8, 4) is 0 Å². The summed E-state index contributed by atoms with van der Waals surface area (Å²) in [6, 6.07) is 0.594. The van der Waals surface area contributed by atoms with Gasteiger partial charge in [0, 0.05) is 31.1 Å². The molecule has 1 aromatic heterocycles. The summed E-state index contributed by atoms with van der Waals surface area (Å²) in [5.41, 5.74) is 1.99. The molecule has 4 nitrogen and oxygen atoms in total. The first-order valence-electron chi connectivity index (χ1n) is 6.86. The molecule has 0 radical (unpaired) electrons. The Hall–Kier alpha value is -1.00. The molecule has 1 aliphatic carbocycles. The van der Waals surface area contributed by atoms with Crippen LogP contribution in [0, 0.1) is 12.8 Å². The molecule has 0 bridgehead atoms. The van der Waals surface area contributed by atoms with E-state index in [1.54, 1.807) is 12.4 Å². The molecule has 1 aliphatic rings. The second-order valence-corrected chi connectivity index (χ2v) is 5.25. The highest BCUT2D eigenvalue weighted by Crippen LogP contribution is 2.26. The van der Waals surface area contributed by atoms with Gasteiger partial charge >= 0.3 is 0 Å². The molecule has 1 saturated carbocycles. The summed E-state index contributed by atoms with van der Waals surface area (Å²) in [4.78, 5) is 8.69. The van der Waals surface area contributed by atoms with Crippen LogP contribution in [0.3, 0.4) is 0 Å². The Morgan fingerprint density at radius 2 is 2.06 bits per heavy atom. The summed E-state index contributed by atoms with van der Waals surface area (Å²) in [5, 5.41) is 13.0.